The molecule has 0 radical (unpaired) electrons. The third-order valence-corrected chi connectivity index (χ3v) is 6.10. The first-order valence-electron chi connectivity index (χ1n) is 10.0. The Kier molecular flexibility index (Phi) is 8.06. The van der Waals surface area contributed by atoms with E-state index >= 15 is 0 Å². The first-order chi connectivity index (χ1) is 15.3. The van der Waals surface area contributed by atoms with Gasteiger partial charge >= 0.3 is 6.03 Å². The lowest BCUT2D eigenvalue weighted by Crippen LogP contribution is -2.56. The third kappa shape index (κ3) is 5.97. The molecule has 10 heteroatoms. The van der Waals surface area contributed by atoms with E-state index in [2.05, 4.69) is 10.2 Å². The number of amides is 3. The van der Waals surface area contributed by atoms with Crippen LogP contribution in [0.3, 0.4) is 0 Å². The van der Waals surface area contributed by atoms with E-state index in [0.717, 1.165) is 11.3 Å². The average molecular weight is 481 g/mol. The largest absolute Gasteiger partial charge is 0.497 e. The number of nitrogens with one attached hydrogen (secondary N) is 1. The molecule has 0 spiro atoms. The average Bonchev–Trinajstić information content (AvgIpc) is 2.77. The smallest absolute Gasteiger partial charge is 0.321 e. The summed E-state index contributed by atoms with van der Waals surface area (Å²) in [5.41, 5.74) is 6.97. The maximum atomic E-state index is 12.8. The Balaban J connectivity index is 1.72. The Bertz CT molecular complexity index is 988. The van der Waals surface area contributed by atoms with Crippen LogP contribution in [0.1, 0.15) is 12.0 Å². The number of anilines is 1. The number of methoxy groups -OCH3 is 2. The molecule has 3 rings (SSSR count). The van der Waals surface area contributed by atoms with Crippen molar-refractivity contribution in [1.29, 1.82) is 0 Å². The quantitative estimate of drug-likeness (QED) is 0.630. The van der Waals surface area contributed by atoms with Crippen molar-refractivity contribution in [3.63, 3.8) is 0 Å². The number of primary amides is 1. The summed E-state index contributed by atoms with van der Waals surface area (Å²) in [6, 6.07) is 9.95. The standard InChI is InChI=1S/C22H26Cl2N4O4/c1-31-17-4-6-20(32-2)14(9-17)12-27-7-8-28(13-16(27)11-21(25)29)22(30)26-15-3-5-18(23)19(24)10-15/h3-6,9-10,16H,7-8,11-13H2,1-2H3,(H2,25,29)(H,26,30). The van der Waals surface area contributed by atoms with Crippen molar-refractivity contribution in [3.8, 4) is 11.5 Å². The number of benzene rings is 2. The van der Waals surface area contributed by atoms with Crippen molar-refractivity contribution in [2.45, 2.75) is 19.0 Å². The van der Waals surface area contributed by atoms with Crippen molar-refractivity contribution in [2.24, 2.45) is 5.73 Å². The van der Waals surface area contributed by atoms with Crippen LogP contribution in [-0.4, -0.2) is 61.6 Å². The van der Waals surface area contributed by atoms with Gasteiger partial charge in [-0.3, -0.25) is 9.69 Å². The van der Waals surface area contributed by atoms with E-state index in [9.17, 15) is 9.59 Å². The van der Waals surface area contributed by atoms with Crippen LogP contribution < -0.4 is 20.5 Å². The fourth-order valence-corrected chi connectivity index (χ4v) is 4.01. The van der Waals surface area contributed by atoms with Crippen LogP contribution in [-0.2, 0) is 11.3 Å². The molecule has 3 amide bonds. The highest BCUT2D eigenvalue weighted by Gasteiger charge is 2.31. The molecule has 0 aliphatic carbocycles. The Labute approximate surface area is 197 Å². The monoisotopic (exact) mass is 480 g/mol. The summed E-state index contributed by atoms with van der Waals surface area (Å²) in [6.45, 7) is 1.92. The maximum absolute atomic E-state index is 12.8. The first kappa shape index (κ1) is 24.0. The van der Waals surface area contributed by atoms with Gasteiger partial charge in [-0.05, 0) is 36.4 Å². The van der Waals surface area contributed by atoms with E-state index in [1.165, 1.54) is 0 Å². The highest BCUT2D eigenvalue weighted by atomic mass is 35.5. The molecule has 1 atom stereocenters. The van der Waals surface area contributed by atoms with Gasteiger partial charge in [-0.2, -0.15) is 0 Å². The summed E-state index contributed by atoms with van der Waals surface area (Å²) in [7, 11) is 3.21. The fraction of sp³-hybridized carbons (Fsp3) is 0.364. The Hall–Kier alpha value is -2.68. The number of hydrogen-bond acceptors (Lipinski definition) is 5. The molecule has 32 heavy (non-hydrogen) atoms. The molecular formula is C22H26Cl2N4O4. The molecule has 0 bridgehead atoms. The van der Waals surface area contributed by atoms with Crippen LogP contribution in [0.25, 0.3) is 0 Å². The van der Waals surface area contributed by atoms with Gasteiger partial charge in [-0.15, -0.1) is 0 Å². The molecule has 1 heterocycles. The zero-order valence-corrected chi connectivity index (χ0v) is 19.4. The summed E-state index contributed by atoms with van der Waals surface area (Å²) < 4.78 is 10.8. The molecule has 2 aromatic rings. The van der Waals surface area contributed by atoms with E-state index in [0.29, 0.717) is 47.7 Å². The van der Waals surface area contributed by atoms with Gasteiger partial charge in [-0.25, -0.2) is 4.79 Å². The van der Waals surface area contributed by atoms with Crippen molar-refractivity contribution < 1.29 is 19.1 Å². The topological polar surface area (TPSA) is 97.1 Å². The normalized spacial score (nSPS) is 16.5. The van der Waals surface area contributed by atoms with Gasteiger partial charge in [0.25, 0.3) is 0 Å². The van der Waals surface area contributed by atoms with E-state index in [1.807, 2.05) is 18.2 Å². The molecule has 1 saturated heterocycles. The van der Waals surface area contributed by atoms with E-state index in [1.54, 1.807) is 37.3 Å². The number of hydrogen-bond donors (Lipinski definition) is 2. The molecule has 2 aromatic carbocycles. The number of nitrogens with two attached hydrogens (primary N) is 1. The molecule has 1 unspecified atom stereocenters. The zero-order valence-electron chi connectivity index (χ0n) is 17.9. The summed E-state index contributed by atoms with van der Waals surface area (Å²) >= 11 is 12.0. The van der Waals surface area contributed by atoms with Crippen molar-refractivity contribution in [2.75, 3.05) is 39.2 Å². The van der Waals surface area contributed by atoms with Gasteiger partial charge in [-0.1, -0.05) is 23.2 Å². The summed E-state index contributed by atoms with van der Waals surface area (Å²) in [6.07, 6.45) is 0.128. The maximum Gasteiger partial charge on any atom is 0.321 e. The summed E-state index contributed by atoms with van der Waals surface area (Å²) in [5, 5.41) is 3.59. The van der Waals surface area contributed by atoms with E-state index < -0.39 is 5.91 Å². The number of carbonyl (C=O) groups excluding carboxylic acids is 2. The summed E-state index contributed by atoms with van der Waals surface area (Å²) in [4.78, 5) is 28.3. The number of nitrogens with zero attached hydrogens (tertiary/aromatic N) is 2. The number of urea groups is 1. The number of rotatable bonds is 7. The van der Waals surface area contributed by atoms with Crippen LogP contribution in [0.15, 0.2) is 36.4 Å². The second kappa shape index (κ2) is 10.8. The van der Waals surface area contributed by atoms with Crippen molar-refractivity contribution in [1.82, 2.24) is 9.80 Å². The van der Waals surface area contributed by atoms with Gasteiger partial charge < -0.3 is 25.4 Å². The van der Waals surface area contributed by atoms with Crippen LogP contribution in [0, 0.1) is 0 Å². The minimum Gasteiger partial charge on any atom is -0.497 e. The van der Waals surface area contributed by atoms with E-state index in [4.69, 9.17) is 38.4 Å². The number of piperazine rings is 1. The van der Waals surface area contributed by atoms with Gasteiger partial charge in [0.15, 0.2) is 0 Å². The molecule has 1 fully saturated rings. The molecule has 3 N–H and O–H groups in total. The molecular weight excluding hydrogens is 455 g/mol. The predicted molar refractivity (Wildman–Crippen MR) is 125 cm³/mol. The second-order valence-electron chi connectivity index (χ2n) is 7.48. The number of halogens is 2. The lowest BCUT2D eigenvalue weighted by Gasteiger charge is -2.41. The first-order valence-corrected chi connectivity index (χ1v) is 10.8. The van der Waals surface area contributed by atoms with Crippen molar-refractivity contribution in [3.05, 3.63) is 52.0 Å². The zero-order chi connectivity index (χ0) is 23.3. The molecule has 1 aliphatic rings. The van der Waals surface area contributed by atoms with Crippen molar-refractivity contribution >= 4 is 40.8 Å². The third-order valence-electron chi connectivity index (χ3n) is 5.36. The number of ether oxygens (including phenoxy) is 2. The van der Waals surface area contributed by atoms with Crippen LogP contribution in [0.4, 0.5) is 10.5 Å². The lowest BCUT2D eigenvalue weighted by molar-refractivity contribution is -0.119. The number of carbonyl (C=O) groups is 2. The highest BCUT2D eigenvalue weighted by molar-refractivity contribution is 6.42. The summed E-state index contributed by atoms with van der Waals surface area (Å²) in [5.74, 6) is 1.01. The van der Waals surface area contributed by atoms with Crippen LogP contribution >= 0.6 is 23.2 Å². The Morgan fingerprint density at radius 1 is 1.09 bits per heavy atom. The van der Waals surface area contributed by atoms with Gasteiger partial charge in [0.1, 0.15) is 11.5 Å². The predicted octanol–water partition coefficient (Wildman–Crippen LogP) is 3.60. The van der Waals surface area contributed by atoms with Crippen LogP contribution in [0.2, 0.25) is 10.0 Å². The lowest BCUT2D eigenvalue weighted by atomic mass is 10.1. The highest BCUT2D eigenvalue weighted by Crippen LogP contribution is 2.28. The fourth-order valence-electron chi connectivity index (χ4n) is 3.71. The Morgan fingerprint density at radius 3 is 2.53 bits per heavy atom. The SMILES string of the molecule is COc1ccc(OC)c(CN2CCN(C(=O)Nc3ccc(Cl)c(Cl)c3)CC2CC(N)=O)c1. The van der Waals surface area contributed by atoms with Gasteiger partial charge in [0.2, 0.25) is 5.91 Å². The molecule has 172 valence electrons. The molecule has 0 aromatic heterocycles. The van der Waals surface area contributed by atoms with E-state index in [-0.39, 0.29) is 18.5 Å². The molecule has 0 saturated carbocycles. The minimum atomic E-state index is -0.427. The van der Waals surface area contributed by atoms with Gasteiger partial charge in [0.05, 0.1) is 24.3 Å². The van der Waals surface area contributed by atoms with Gasteiger partial charge in [0, 0.05) is 49.9 Å². The minimum absolute atomic E-state index is 0.128. The van der Waals surface area contributed by atoms with Crippen LogP contribution in [0.5, 0.6) is 11.5 Å². The second-order valence-corrected chi connectivity index (χ2v) is 8.29. The molecule has 8 nitrogen and oxygen atoms in total. The molecule has 1 aliphatic heterocycles. The Morgan fingerprint density at radius 2 is 1.88 bits per heavy atom.